The molecule has 0 fully saturated rings. The van der Waals surface area contributed by atoms with Gasteiger partial charge in [-0.25, -0.2) is 18.1 Å². The van der Waals surface area contributed by atoms with Crippen molar-refractivity contribution in [2.75, 3.05) is 11.1 Å². The zero-order chi connectivity index (χ0) is 25.9. The van der Waals surface area contributed by atoms with E-state index in [1.165, 1.54) is 48.8 Å². The minimum Gasteiger partial charge on any atom is -0.307 e. The summed E-state index contributed by atoms with van der Waals surface area (Å²) in [7, 11) is -3.51. The maximum atomic E-state index is 13.7. The Morgan fingerprint density at radius 2 is 1.86 bits per heavy atom. The Morgan fingerprint density at radius 1 is 1.06 bits per heavy atom. The number of sulfone groups is 1. The number of alkyl halides is 3. The van der Waals surface area contributed by atoms with Gasteiger partial charge in [0.25, 0.3) is 5.91 Å². The molecule has 0 unspecified atom stereocenters. The normalized spacial score (nSPS) is 11.9. The van der Waals surface area contributed by atoms with Crippen LogP contribution < -0.4 is 5.32 Å². The van der Waals surface area contributed by atoms with Crippen LogP contribution in [-0.4, -0.2) is 39.8 Å². The predicted octanol–water partition coefficient (Wildman–Crippen LogP) is 4.78. The highest BCUT2D eigenvalue weighted by atomic mass is 32.2. The monoisotopic (exact) mass is 515 g/mol. The maximum Gasteiger partial charge on any atom is 0.433 e. The van der Waals surface area contributed by atoms with Crippen LogP contribution in [0.4, 0.5) is 19.0 Å². The SMILES string of the molecule is CCCS(=O)(=O)c1cccc(C(=O)Nc2ccc(-n3nc(-c4cccnc4)cc3C(F)(F)F)cn2)c1. The lowest BCUT2D eigenvalue weighted by molar-refractivity contribution is -0.142. The highest BCUT2D eigenvalue weighted by Gasteiger charge is 2.36. The lowest BCUT2D eigenvalue weighted by Gasteiger charge is -2.11. The first-order valence-corrected chi connectivity index (χ1v) is 12.4. The largest absolute Gasteiger partial charge is 0.433 e. The topological polar surface area (TPSA) is 107 Å². The fraction of sp³-hybridized carbons (Fsp3) is 0.167. The van der Waals surface area contributed by atoms with Crippen LogP contribution in [0.1, 0.15) is 29.4 Å². The van der Waals surface area contributed by atoms with E-state index in [-0.39, 0.29) is 33.4 Å². The van der Waals surface area contributed by atoms with Crippen LogP contribution in [0.15, 0.2) is 78.1 Å². The third kappa shape index (κ3) is 5.43. The molecule has 0 radical (unpaired) electrons. The van der Waals surface area contributed by atoms with Crippen molar-refractivity contribution in [3.05, 3.63) is 84.4 Å². The summed E-state index contributed by atoms with van der Waals surface area (Å²) in [6, 6.07) is 12.4. The number of hydrogen-bond donors (Lipinski definition) is 1. The summed E-state index contributed by atoms with van der Waals surface area (Å²) in [5, 5.41) is 6.59. The highest BCUT2D eigenvalue weighted by molar-refractivity contribution is 7.91. The number of amides is 1. The van der Waals surface area contributed by atoms with Gasteiger partial charge in [0.1, 0.15) is 11.5 Å². The fourth-order valence-electron chi connectivity index (χ4n) is 3.43. The number of carbonyl (C=O) groups is 1. The number of carbonyl (C=O) groups excluding carboxylic acids is 1. The van der Waals surface area contributed by atoms with Crippen LogP contribution in [0, 0.1) is 0 Å². The second kappa shape index (κ2) is 9.90. The molecule has 1 N–H and O–H groups in total. The van der Waals surface area contributed by atoms with Gasteiger partial charge in [-0.05, 0) is 55.0 Å². The van der Waals surface area contributed by atoms with E-state index in [0.29, 0.717) is 12.0 Å². The molecule has 0 atom stereocenters. The molecule has 4 rings (SSSR count). The molecule has 0 aliphatic rings. The van der Waals surface area contributed by atoms with Gasteiger partial charge in [-0.15, -0.1) is 0 Å². The average Bonchev–Trinajstić information content (AvgIpc) is 3.32. The Bertz CT molecular complexity index is 1490. The van der Waals surface area contributed by atoms with Crippen LogP contribution >= 0.6 is 0 Å². The van der Waals surface area contributed by atoms with E-state index in [9.17, 15) is 26.4 Å². The number of nitrogens with one attached hydrogen (secondary N) is 1. The number of pyridine rings is 2. The van der Waals surface area contributed by atoms with Crippen molar-refractivity contribution in [1.82, 2.24) is 19.7 Å². The molecular formula is C24H20F3N5O3S. The number of anilines is 1. The summed E-state index contributed by atoms with van der Waals surface area (Å²) in [6.45, 7) is 1.74. The minimum absolute atomic E-state index is 0.0306. The van der Waals surface area contributed by atoms with E-state index in [0.717, 1.165) is 16.9 Å². The van der Waals surface area contributed by atoms with Gasteiger partial charge in [-0.1, -0.05) is 13.0 Å². The van der Waals surface area contributed by atoms with Crippen LogP contribution in [0.5, 0.6) is 0 Å². The summed E-state index contributed by atoms with van der Waals surface area (Å²) in [4.78, 5) is 20.6. The zero-order valence-electron chi connectivity index (χ0n) is 18.9. The van der Waals surface area contributed by atoms with E-state index < -0.39 is 27.6 Å². The predicted molar refractivity (Wildman–Crippen MR) is 126 cm³/mol. The number of benzene rings is 1. The van der Waals surface area contributed by atoms with Gasteiger partial charge in [0.05, 0.1) is 28.2 Å². The number of aromatic nitrogens is 4. The van der Waals surface area contributed by atoms with Crippen molar-refractivity contribution in [2.24, 2.45) is 0 Å². The first-order valence-electron chi connectivity index (χ1n) is 10.8. The quantitative estimate of drug-likeness (QED) is 0.380. The summed E-state index contributed by atoms with van der Waals surface area (Å²) < 4.78 is 66.3. The molecule has 36 heavy (non-hydrogen) atoms. The zero-order valence-corrected chi connectivity index (χ0v) is 19.7. The van der Waals surface area contributed by atoms with E-state index in [1.807, 2.05) is 0 Å². The molecule has 0 bridgehead atoms. The third-order valence-corrected chi connectivity index (χ3v) is 7.04. The van der Waals surface area contributed by atoms with Gasteiger partial charge < -0.3 is 5.32 Å². The number of nitrogens with zero attached hydrogens (tertiary/aromatic N) is 4. The molecule has 1 aromatic carbocycles. The Hall–Kier alpha value is -4.06. The Morgan fingerprint density at radius 3 is 2.50 bits per heavy atom. The molecule has 0 aliphatic heterocycles. The fourth-order valence-corrected chi connectivity index (χ4v) is 4.79. The summed E-state index contributed by atoms with van der Waals surface area (Å²) in [6.07, 6.45) is -0.184. The van der Waals surface area contributed by atoms with Gasteiger partial charge in [-0.3, -0.25) is 9.78 Å². The standard InChI is InChI=1S/C24H20F3N5O3S/c1-2-11-36(34,35)19-7-3-5-16(12-19)23(33)30-22-9-8-18(15-29-22)32-21(24(25,26)27)13-20(31-32)17-6-4-10-28-14-17/h3-10,12-15H,2,11H2,1H3,(H,29,30,33). The molecule has 4 aromatic rings. The van der Waals surface area contributed by atoms with Crippen molar-refractivity contribution < 1.29 is 26.4 Å². The van der Waals surface area contributed by atoms with E-state index in [4.69, 9.17) is 0 Å². The molecule has 8 nitrogen and oxygen atoms in total. The number of hydrogen-bond acceptors (Lipinski definition) is 6. The van der Waals surface area contributed by atoms with Gasteiger partial charge in [0.15, 0.2) is 9.84 Å². The van der Waals surface area contributed by atoms with Crippen LogP contribution in [0.25, 0.3) is 16.9 Å². The van der Waals surface area contributed by atoms with Crippen molar-refractivity contribution in [3.8, 4) is 16.9 Å². The van der Waals surface area contributed by atoms with Crippen LogP contribution in [0.3, 0.4) is 0 Å². The van der Waals surface area contributed by atoms with Gasteiger partial charge in [0.2, 0.25) is 0 Å². The number of halogens is 3. The van der Waals surface area contributed by atoms with Crippen molar-refractivity contribution in [2.45, 2.75) is 24.4 Å². The second-order valence-electron chi connectivity index (χ2n) is 7.77. The van der Waals surface area contributed by atoms with Crippen molar-refractivity contribution in [3.63, 3.8) is 0 Å². The Kier molecular flexibility index (Phi) is 6.88. The van der Waals surface area contributed by atoms with Crippen LogP contribution in [0.2, 0.25) is 0 Å². The molecule has 0 spiro atoms. The summed E-state index contributed by atoms with van der Waals surface area (Å²) in [5.74, 6) is -0.590. The van der Waals surface area contributed by atoms with Gasteiger partial charge >= 0.3 is 6.18 Å². The van der Waals surface area contributed by atoms with E-state index in [1.54, 1.807) is 19.1 Å². The minimum atomic E-state index is -4.68. The highest BCUT2D eigenvalue weighted by Crippen LogP contribution is 2.34. The lowest BCUT2D eigenvalue weighted by atomic mass is 10.2. The first kappa shape index (κ1) is 25.0. The second-order valence-corrected chi connectivity index (χ2v) is 9.88. The molecule has 3 heterocycles. The summed E-state index contributed by atoms with van der Waals surface area (Å²) in [5.41, 5.74) is -0.355. The smallest absolute Gasteiger partial charge is 0.307 e. The molecule has 0 aliphatic carbocycles. The molecule has 186 valence electrons. The number of rotatable bonds is 7. The van der Waals surface area contributed by atoms with Gasteiger partial charge in [0, 0.05) is 23.5 Å². The van der Waals surface area contributed by atoms with Crippen molar-refractivity contribution in [1.29, 1.82) is 0 Å². The van der Waals surface area contributed by atoms with E-state index >= 15 is 0 Å². The van der Waals surface area contributed by atoms with Crippen LogP contribution in [-0.2, 0) is 16.0 Å². The molecule has 0 saturated carbocycles. The molecule has 12 heteroatoms. The molecular weight excluding hydrogens is 495 g/mol. The Labute approximate surface area is 204 Å². The Balaban J connectivity index is 1.58. The van der Waals surface area contributed by atoms with Gasteiger partial charge in [-0.2, -0.15) is 18.3 Å². The van der Waals surface area contributed by atoms with E-state index in [2.05, 4.69) is 20.4 Å². The third-order valence-electron chi connectivity index (χ3n) is 5.12. The molecule has 0 saturated heterocycles. The average molecular weight is 516 g/mol. The summed E-state index contributed by atoms with van der Waals surface area (Å²) >= 11 is 0. The first-order chi connectivity index (χ1) is 17.1. The molecule has 3 aromatic heterocycles. The molecule has 1 amide bonds. The van der Waals surface area contributed by atoms with Crippen molar-refractivity contribution >= 4 is 21.6 Å². The maximum absolute atomic E-state index is 13.7. The lowest BCUT2D eigenvalue weighted by Crippen LogP contribution is -2.15.